The van der Waals surface area contributed by atoms with Gasteiger partial charge < -0.3 is 10.6 Å². The number of amides is 2. The Balaban J connectivity index is 1.49. The van der Waals surface area contributed by atoms with Gasteiger partial charge in [0.1, 0.15) is 0 Å². The van der Waals surface area contributed by atoms with Gasteiger partial charge in [-0.1, -0.05) is 36.4 Å². The molecule has 0 radical (unpaired) electrons. The molecule has 2 aromatic carbocycles. The van der Waals surface area contributed by atoms with E-state index in [4.69, 9.17) is 0 Å². The Morgan fingerprint density at radius 1 is 1.08 bits per heavy atom. The molecular weight excluding hydrogens is 300 g/mol. The van der Waals surface area contributed by atoms with Crippen molar-refractivity contribution in [2.45, 2.75) is 13.3 Å². The summed E-state index contributed by atoms with van der Waals surface area (Å²) in [6.07, 6.45) is 4.54. The maximum Gasteiger partial charge on any atom is 0.319 e. The van der Waals surface area contributed by atoms with Crippen LogP contribution >= 0.6 is 0 Å². The van der Waals surface area contributed by atoms with E-state index in [0.717, 1.165) is 28.9 Å². The Morgan fingerprint density at radius 3 is 2.62 bits per heavy atom. The number of hydrogen-bond donors (Lipinski definition) is 2. The van der Waals surface area contributed by atoms with Crippen LogP contribution < -0.4 is 10.6 Å². The zero-order chi connectivity index (χ0) is 16.8. The van der Waals surface area contributed by atoms with Crippen molar-refractivity contribution in [2.24, 2.45) is 0 Å². The first-order valence-electron chi connectivity index (χ1n) is 7.92. The number of nitrogens with one attached hydrogen (secondary N) is 2. The number of urea groups is 1. The van der Waals surface area contributed by atoms with E-state index in [0.29, 0.717) is 6.54 Å². The third-order valence-electron chi connectivity index (χ3n) is 3.75. The molecule has 0 aliphatic heterocycles. The Hall–Kier alpha value is -3.08. The Labute approximate surface area is 141 Å². The smallest absolute Gasteiger partial charge is 0.319 e. The second-order valence-corrected chi connectivity index (χ2v) is 5.57. The highest BCUT2D eigenvalue weighted by atomic mass is 16.2. The van der Waals surface area contributed by atoms with Gasteiger partial charge in [0.05, 0.1) is 11.9 Å². The molecule has 0 saturated carbocycles. The summed E-state index contributed by atoms with van der Waals surface area (Å²) in [5, 5.41) is 10.1. The molecule has 24 heavy (non-hydrogen) atoms. The molecule has 0 atom stereocenters. The van der Waals surface area contributed by atoms with E-state index in [9.17, 15) is 4.79 Å². The first-order valence-corrected chi connectivity index (χ1v) is 7.92. The Bertz CT molecular complexity index is 811. The lowest BCUT2D eigenvalue weighted by molar-refractivity contribution is 0.252. The van der Waals surface area contributed by atoms with E-state index >= 15 is 0 Å². The highest BCUT2D eigenvalue weighted by molar-refractivity contribution is 5.89. The van der Waals surface area contributed by atoms with E-state index in [1.54, 1.807) is 0 Å². The maximum absolute atomic E-state index is 11.9. The van der Waals surface area contributed by atoms with Crippen LogP contribution in [0.25, 0.3) is 5.69 Å². The summed E-state index contributed by atoms with van der Waals surface area (Å²) in [5.41, 5.74) is 3.97. The van der Waals surface area contributed by atoms with E-state index in [1.807, 2.05) is 78.6 Å². The predicted molar refractivity (Wildman–Crippen MR) is 95.5 cm³/mol. The van der Waals surface area contributed by atoms with Crippen LogP contribution in [-0.4, -0.2) is 22.4 Å². The van der Waals surface area contributed by atoms with Crippen LogP contribution in [0, 0.1) is 6.92 Å². The van der Waals surface area contributed by atoms with Crippen molar-refractivity contribution in [3.63, 3.8) is 0 Å². The van der Waals surface area contributed by atoms with Crippen molar-refractivity contribution in [3.05, 3.63) is 78.1 Å². The van der Waals surface area contributed by atoms with Gasteiger partial charge in [-0.15, -0.1) is 0 Å². The number of hydrogen-bond acceptors (Lipinski definition) is 2. The number of benzene rings is 2. The average Bonchev–Trinajstić information content (AvgIpc) is 3.07. The van der Waals surface area contributed by atoms with Gasteiger partial charge in [-0.3, -0.25) is 0 Å². The minimum absolute atomic E-state index is 0.195. The van der Waals surface area contributed by atoms with Gasteiger partial charge in [-0.2, -0.15) is 5.10 Å². The maximum atomic E-state index is 11.9. The number of anilines is 1. The zero-order valence-electron chi connectivity index (χ0n) is 13.6. The van der Waals surface area contributed by atoms with Gasteiger partial charge >= 0.3 is 6.03 Å². The first-order chi connectivity index (χ1) is 11.7. The summed E-state index contributed by atoms with van der Waals surface area (Å²) in [6, 6.07) is 17.5. The van der Waals surface area contributed by atoms with E-state index < -0.39 is 0 Å². The third-order valence-corrected chi connectivity index (χ3v) is 3.75. The number of aryl methyl sites for hydroxylation is 1. The van der Waals surface area contributed by atoms with Crippen molar-refractivity contribution in [1.29, 1.82) is 0 Å². The highest BCUT2D eigenvalue weighted by Gasteiger charge is 2.04. The lowest BCUT2D eigenvalue weighted by Gasteiger charge is -2.09. The van der Waals surface area contributed by atoms with Crippen LogP contribution in [0.2, 0.25) is 0 Å². The molecule has 0 unspecified atom stereocenters. The second-order valence-electron chi connectivity index (χ2n) is 5.57. The fraction of sp³-hybridized carbons (Fsp3) is 0.158. The lowest BCUT2D eigenvalue weighted by atomic mass is 10.2. The number of para-hydroxylation sites is 2. The number of carbonyl (C=O) groups excluding carboxylic acids is 1. The molecule has 5 nitrogen and oxygen atoms in total. The fourth-order valence-corrected chi connectivity index (χ4v) is 2.41. The first kappa shape index (κ1) is 15.8. The van der Waals surface area contributed by atoms with Gasteiger partial charge in [-0.05, 0) is 42.7 Å². The van der Waals surface area contributed by atoms with E-state index in [-0.39, 0.29) is 6.03 Å². The van der Waals surface area contributed by atoms with E-state index in [2.05, 4.69) is 15.7 Å². The summed E-state index contributed by atoms with van der Waals surface area (Å²) in [7, 11) is 0. The summed E-state index contributed by atoms with van der Waals surface area (Å²) < 4.78 is 1.84. The van der Waals surface area contributed by atoms with Crippen LogP contribution in [0.4, 0.5) is 10.5 Å². The quantitative estimate of drug-likeness (QED) is 0.755. The van der Waals surface area contributed by atoms with Gasteiger partial charge in [0.15, 0.2) is 0 Å². The van der Waals surface area contributed by atoms with Crippen molar-refractivity contribution in [3.8, 4) is 5.69 Å². The van der Waals surface area contributed by atoms with Crippen LogP contribution in [-0.2, 0) is 6.42 Å². The molecule has 2 amide bonds. The minimum Gasteiger partial charge on any atom is -0.338 e. The lowest BCUT2D eigenvalue weighted by Crippen LogP contribution is -2.30. The summed E-state index contributed by atoms with van der Waals surface area (Å²) >= 11 is 0. The Kier molecular flexibility index (Phi) is 4.91. The molecule has 0 aliphatic rings. The number of carbonyl (C=O) groups is 1. The predicted octanol–water partition coefficient (Wildman–Crippen LogP) is 3.54. The number of rotatable bonds is 5. The third kappa shape index (κ3) is 4.01. The molecular formula is C19H20N4O. The van der Waals surface area contributed by atoms with Crippen molar-refractivity contribution >= 4 is 11.7 Å². The van der Waals surface area contributed by atoms with Crippen molar-refractivity contribution in [1.82, 2.24) is 15.1 Å². The number of aromatic nitrogens is 2. The van der Waals surface area contributed by atoms with Gasteiger partial charge in [0.2, 0.25) is 0 Å². The largest absolute Gasteiger partial charge is 0.338 e. The van der Waals surface area contributed by atoms with Gasteiger partial charge in [-0.25, -0.2) is 9.48 Å². The second kappa shape index (κ2) is 7.46. The molecule has 3 aromatic rings. The van der Waals surface area contributed by atoms with Gasteiger partial charge in [0.25, 0.3) is 0 Å². The van der Waals surface area contributed by atoms with Crippen molar-refractivity contribution < 1.29 is 4.79 Å². The molecule has 0 fully saturated rings. The monoisotopic (exact) mass is 320 g/mol. The summed E-state index contributed by atoms with van der Waals surface area (Å²) in [6.45, 7) is 2.52. The zero-order valence-corrected chi connectivity index (χ0v) is 13.6. The molecule has 1 heterocycles. The summed E-state index contributed by atoms with van der Waals surface area (Å²) in [5.74, 6) is 0. The number of nitrogens with zero attached hydrogens (tertiary/aromatic N) is 2. The van der Waals surface area contributed by atoms with Crippen LogP contribution in [0.15, 0.2) is 67.0 Å². The molecule has 5 heteroatoms. The van der Waals surface area contributed by atoms with Crippen LogP contribution in [0.3, 0.4) is 0 Å². The standard InChI is InChI=1S/C19H20N4O/c1-15-7-5-6-10-18(15)22-19(24)20-12-11-16-13-21-23(14-16)17-8-3-2-4-9-17/h2-10,13-14H,11-12H2,1H3,(H2,20,22,24). The minimum atomic E-state index is -0.195. The topological polar surface area (TPSA) is 59.0 Å². The molecule has 3 rings (SSSR count). The molecule has 1 aromatic heterocycles. The molecule has 0 bridgehead atoms. The SMILES string of the molecule is Cc1ccccc1NC(=O)NCCc1cnn(-c2ccccc2)c1. The van der Waals surface area contributed by atoms with Crippen LogP contribution in [0.1, 0.15) is 11.1 Å². The molecule has 0 aliphatic carbocycles. The van der Waals surface area contributed by atoms with Crippen LogP contribution in [0.5, 0.6) is 0 Å². The average molecular weight is 320 g/mol. The molecule has 0 spiro atoms. The van der Waals surface area contributed by atoms with Gasteiger partial charge in [0, 0.05) is 18.4 Å². The Morgan fingerprint density at radius 2 is 1.83 bits per heavy atom. The van der Waals surface area contributed by atoms with E-state index in [1.165, 1.54) is 0 Å². The molecule has 122 valence electrons. The fourth-order valence-electron chi connectivity index (χ4n) is 2.41. The highest BCUT2D eigenvalue weighted by Crippen LogP contribution is 2.12. The van der Waals surface area contributed by atoms with Crippen molar-refractivity contribution in [2.75, 3.05) is 11.9 Å². The summed E-state index contributed by atoms with van der Waals surface area (Å²) in [4.78, 5) is 11.9. The normalized spacial score (nSPS) is 10.4. The molecule has 0 saturated heterocycles. The molecule has 2 N–H and O–H groups in total.